The van der Waals surface area contributed by atoms with Crippen LogP contribution in [0.25, 0.3) is 6.08 Å². The summed E-state index contributed by atoms with van der Waals surface area (Å²) in [6.07, 6.45) is 8.37. The number of morpholine rings is 1. The van der Waals surface area contributed by atoms with Crippen LogP contribution >= 0.6 is 0 Å². The van der Waals surface area contributed by atoms with Gasteiger partial charge in [0.1, 0.15) is 0 Å². The molecule has 2 aromatic rings. The molecule has 0 N–H and O–H groups in total. The number of hydrogen-bond acceptors (Lipinski definition) is 5. The van der Waals surface area contributed by atoms with Crippen molar-refractivity contribution >= 4 is 17.8 Å². The molecule has 1 fully saturated rings. The molecule has 6 nitrogen and oxygen atoms in total. The van der Waals surface area contributed by atoms with Crippen molar-refractivity contribution in [2.75, 3.05) is 19.8 Å². The van der Waals surface area contributed by atoms with Gasteiger partial charge >= 0.3 is 0 Å². The van der Waals surface area contributed by atoms with Crippen LogP contribution in [0.5, 0.6) is 0 Å². The zero-order chi connectivity index (χ0) is 17.6. The van der Waals surface area contributed by atoms with Crippen LogP contribution < -0.4 is 0 Å². The lowest BCUT2D eigenvalue weighted by Gasteiger charge is -2.34. The van der Waals surface area contributed by atoms with Crippen LogP contribution in [-0.2, 0) is 9.53 Å². The van der Waals surface area contributed by atoms with Crippen molar-refractivity contribution in [2.24, 2.45) is 0 Å². The maximum atomic E-state index is 12.6. The second kappa shape index (κ2) is 7.90. The van der Waals surface area contributed by atoms with Crippen LogP contribution in [0, 0.1) is 6.92 Å². The van der Waals surface area contributed by atoms with Gasteiger partial charge in [-0.25, -0.2) is 0 Å². The van der Waals surface area contributed by atoms with Gasteiger partial charge in [0.25, 0.3) is 0 Å². The van der Waals surface area contributed by atoms with E-state index in [0.717, 1.165) is 11.1 Å². The van der Waals surface area contributed by atoms with Gasteiger partial charge in [0.05, 0.1) is 25.5 Å². The van der Waals surface area contributed by atoms with Gasteiger partial charge < -0.3 is 14.1 Å². The maximum absolute atomic E-state index is 12.6. The van der Waals surface area contributed by atoms with Gasteiger partial charge in [0.15, 0.2) is 11.5 Å². The number of ketones is 1. The quantitative estimate of drug-likeness (QED) is 0.618. The van der Waals surface area contributed by atoms with Crippen LogP contribution in [0.4, 0.5) is 0 Å². The summed E-state index contributed by atoms with van der Waals surface area (Å²) >= 11 is 0. The molecule has 3 heterocycles. The fourth-order valence-corrected chi connectivity index (χ4v) is 2.80. The Hall–Kier alpha value is -2.73. The van der Waals surface area contributed by atoms with Gasteiger partial charge in [-0.05, 0) is 42.3 Å². The normalized spacial score (nSPS) is 17.8. The molecule has 0 radical (unpaired) electrons. The van der Waals surface area contributed by atoms with Gasteiger partial charge in [-0.3, -0.25) is 14.6 Å². The second-order valence-corrected chi connectivity index (χ2v) is 5.99. The summed E-state index contributed by atoms with van der Waals surface area (Å²) in [5, 5.41) is 0. The molecule has 1 aliphatic rings. The number of ether oxygens (including phenoxy) is 1. The minimum Gasteiger partial charge on any atom is -0.461 e. The number of hydrogen-bond donors (Lipinski definition) is 0. The molecule has 1 amide bonds. The number of pyridine rings is 1. The van der Waals surface area contributed by atoms with Crippen LogP contribution in [0.1, 0.15) is 28.1 Å². The molecule has 0 aromatic carbocycles. The Kier molecular flexibility index (Phi) is 5.40. The zero-order valence-corrected chi connectivity index (χ0v) is 14.1. The first-order valence-electron chi connectivity index (χ1n) is 8.18. The first kappa shape index (κ1) is 17.1. The number of carbonyl (C=O) groups is 2. The smallest absolute Gasteiger partial charge is 0.246 e. The summed E-state index contributed by atoms with van der Waals surface area (Å²) in [5.74, 6) is 0.0339. The minimum absolute atomic E-state index is 0.134. The molecular formula is C19H20N2O4. The van der Waals surface area contributed by atoms with E-state index in [-0.39, 0.29) is 24.2 Å². The lowest BCUT2D eigenvalue weighted by molar-refractivity contribution is -0.134. The van der Waals surface area contributed by atoms with Crippen LogP contribution in [-0.4, -0.2) is 47.4 Å². The van der Waals surface area contributed by atoms with Gasteiger partial charge in [-0.1, -0.05) is 0 Å². The van der Waals surface area contributed by atoms with Crippen molar-refractivity contribution in [3.63, 3.8) is 0 Å². The van der Waals surface area contributed by atoms with Crippen LogP contribution in [0.3, 0.4) is 0 Å². The molecule has 0 saturated carbocycles. The van der Waals surface area contributed by atoms with E-state index < -0.39 is 0 Å². The highest BCUT2D eigenvalue weighted by molar-refractivity contribution is 5.95. The molecule has 25 heavy (non-hydrogen) atoms. The highest BCUT2D eigenvalue weighted by Gasteiger charge is 2.29. The summed E-state index contributed by atoms with van der Waals surface area (Å²) in [6.45, 7) is 3.23. The van der Waals surface area contributed by atoms with Crippen LogP contribution in [0.15, 0.2) is 47.3 Å². The molecule has 1 aliphatic heterocycles. The Morgan fingerprint density at radius 1 is 1.40 bits per heavy atom. The third-order valence-corrected chi connectivity index (χ3v) is 4.04. The number of Topliss-reactive ketones (excluding diaryl/α,β-unsaturated/α-hetero) is 1. The lowest BCUT2D eigenvalue weighted by Crippen LogP contribution is -2.49. The average molecular weight is 340 g/mol. The molecule has 3 rings (SSSR count). The van der Waals surface area contributed by atoms with E-state index in [1.165, 1.54) is 12.3 Å². The summed E-state index contributed by atoms with van der Waals surface area (Å²) in [7, 11) is 0. The standard InChI is InChI=1S/C19H20N2O4/c1-14-9-15(12-20-11-14)4-5-19(23)21-6-8-24-13-16(21)10-17(22)18-3-2-7-25-18/h2-5,7,9,11-12,16H,6,8,10,13H2,1H3/b5-4+. The lowest BCUT2D eigenvalue weighted by atomic mass is 10.1. The van der Waals surface area contributed by atoms with E-state index in [2.05, 4.69) is 4.98 Å². The number of furan rings is 1. The minimum atomic E-state index is -0.292. The van der Waals surface area contributed by atoms with Crippen molar-refractivity contribution in [1.29, 1.82) is 0 Å². The van der Waals surface area contributed by atoms with Gasteiger partial charge in [0, 0.05) is 31.4 Å². The van der Waals surface area contributed by atoms with Crippen molar-refractivity contribution in [3.05, 3.63) is 59.8 Å². The molecule has 0 aliphatic carbocycles. The molecule has 2 aromatic heterocycles. The number of carbonyl (C=O) groups excluding carboxylic acids is 2. The Bertz CT molecular complexity index is 767. The van der Waals surface area contributed by atoms with Crippen LogP contribution in [0.2, 0.25) is 0 Å². The van der Waals surface area contributed by atoms with Gasteiger partial charge in [-0.15, -0.1) is 0 Å². The summed E-state index contributed by atoms with van der Waals surface area (Å²) < 4.78 is 10.6. The average Bonchev–Trinajstić information content (AvgIpc) is 3.15. The summed E-state index contributed by atoms with van der Waals surface area (Å²) in [6, 6.07) is 4.96. The van der Waals surface area contributed by atoms with Crippen molar-refractivity contribution in [1.82, 2.24) is 9.88 Å². The zero-order valence-electron chi connectivity index (χ0n) is 14.1. The Balaban J connectivity index is 1.67. The molecule has 1 atom stereocenters. The Morgan fingerprint density at radius 2 is 2.28 bits per heavy atom. The highest BCUT2D eigenvalue weighted by Crippen LogP contribution is 2.16. The number of rotatable bonds is 5. The van der Waals surface area contributed by atoms with Crippen molar-refractivity contribution in [3.8, 4) is 0 Å². The Labute approximate surface area is 146 Å². The van der Waals surface area contributed by atoms with Gasteiger partial charge in [-0.2, -0.15) is 0 Å². The number of nitrogens with zero attached hydrogens (tertiary/aromatic N) is 2. The first-order chi connectivity index (χ1) is 12.1. The van der Waals surface area contributed by atoms with Crippen molar-refractivity contribution < 1.29 is 18.7 Å². The third kappa shape index (κ3) is 4.42. The molecule has 1 saturated heterocycles. The fraction of sp³-hybridized carbons (Fsp3) is 0.316. The molecule has 1 unspecified atom stereocenters. The van der Waals surface area contributed by atoms with Gasteiger partial charge in [0.2, 0.25) is 5.91 Å². The van der Waals surface area contributed by atoms with E-state index in [1.54, 1.807) is 35.5 Å². The SMILES string of the molecule is Cc1cncc(/C=C/C(=O)N2CCOCC2CC(=O)c2ccco2)c1. The molecule has 6 heteroatoms. The van der Waals surface area contributed by atoms with E-state index in [1.807, 2.05) is 13.0 Å². The third-order valence-electron chi connectivity index (χ3n) is 4.04. The fourth-order valence-electron chi connectivity index (χ4n) is 2.80. The molecule has 0 spiro atoms. The van der Waals surface area contributed by atoms with E-state index in [4.69, 9.17) is 9.15 Å². The molecule has 0 bridgehead atoms. The number of amides is 1. The number of aromatic nitrogens is 1. The second-order valence-electron chi connectivity index (χ2n) is 5.99. The summed E-state index contributed by atoms with van der Waals surface area (Å²) in [5.41, 5.74) is 1.90. The maximum Gasteiger partial charge on any atom is 0.246 e. The highest BCUT2D eigenvalue weighted by atomic mass is 16.5. The number of aryl methyl sites for hydroxylation is 1. The monoisotopic (exact) mass is 340 g/mol. The Morgan fingerprint density at radius 3 is 3.04 bits per heavy atom. The van der Waals surface area contributed by atoms with E-state index in [0.29, 0.717) is 25.5 Å². The first-order valence-corrected chi connectivity index (χ1v) is 8.18. The summed E-state index contributed by atoms with van der Waals surface area (Å²) in [4.78, 5) is 30.6. The predicted molar refractivity (Wildman–Crippen MR) is 92.0 cm³/mol. The largest absolute Gasteiger partial charge is 0.461 e. The molecular weight excluding hydrogens is 320 g/mol. The molecule has 130 valence electrons. The van der Waals surface area contributed by atoms with Crippen molar-refractivity contribution in [2.45, 2.75) is 19.4 Å². The van der Waals surface area contributed by atoms with E-state index in [9.17, 15) is 9.59 Å². The topological polar surface area (TPSA) is 72.6 Å². The van der Waals surface area contributed by atoms with E-state index >= 15 is 0 Å². The predicted octanol–water partition coefficient (Wildman–Crippen LogP) is 2.50.